The van der Waals surface area contributed by atoms with E-state index in [-0.39, 0.29) is 17.5 Å². The Morgan fingerprint density at radius 3 is 2.42 bits per heavy atom. The summed E-state index contributed by atoms with van der Waals surface area (Å²) in [6.07, 6.45) is 14.6. The minimum absolute atomic E-state index is 0.104. The number of rotatable bonds is 5. The fourth-order valence-electron chi connectivity index (χ4n) is 7.60. The number of fused-ring (bicyclic) bond motifs is 9. The Morgan fingerprint density at radius 1 is 1.04 bits per heavy atom. The van der Waals surface area contributed by atoms with Crippen molar-refractivity contribution in [2.75, 3.05) is 0 Å². The SMILES string of the molecule is C[Si](C)(C)CCC1(OC(=O)C2CC3CC2C2C4C=CC(C4)C32)CCCC1. The first-order chi connectivity index (χ1) is 12.4. The zero-order valence-corrected chi connectivity index (χ0v) is 17.9. The third-order valence-electron chi connectivity index (χ3n) is 8.74. The van der Waals surface area contributed by atoms with Crippen molar-refractivity contribution in [2.45, 2.75) is 82.7 Å². The van der Waals surface area contributed by atoms with E-state index in [0.717, 1.165) is 55.3 Å². The number of carbonyl (C=O) groups excluding carboxylic acids is 1. The Hall–Kier alpha value is -0.573. The van der Waals surface area contributed by atoms with Gasteiger partial charge in [-0.15, -0.1) is 0 Å². The molecule has 0 aromatic heterocycles. The second-order valence-corrected chi connectivity index (χ2v) is 17.1. The molecule has 5 aliphatic carbocycles. The summed E-state index contributed by atoms with van der Waals surface area (Å²) >= 11 is 0. The maximum atomic E-state index is 13.3. The van der Waals surface area contributed by atoms with Crippen LogP contribution < -0.4 is 0 Å². The van der Waals surface area contributed by atoms with E-state index >= 15 is 0 Å². The molecule has 0 radical (unpaired) electrons. The molecule has 7 atom stereocenters. The average molecular weight is 373 g/mol. The van der Waals surface area contributed by atoms with Crippen molar-refractivity contribution < 1.29 is 9.53 Å². The molecule has 4 saturated carbocycles. The highest BCUT2D eigenvalue weighted by Gasteiger charge is 2.62. The molecular formula is C23H36O2Si. The van der Waals surface area contributed by atoms with Gasteiger partial charge >= 0.3 is 5.97 Å². The smallest absolute Gasteiger partial charge is 0.309 e. The first kappa shape index (κ1) is 17.5. The van der Waals surface area contributed by atoms with Crippen molar-refractivity contribution in [1.82, 2.24) is 0 Å². The van der Waals surface area contributed by atoms with Crippen molar-refractivity contribution in [3.8, 4) is 0 Å². The maximum Gasteiger partial charge on any atom is 0.309 e. The van der Waals surface area contributed by atoms with E-state index in [9.17, 15) is 4.79 Å². The molecule has 26 heavy (non-hydrogen) atoms. The van der Waals surface area contributed by atoms with Gasteiger partial charge in [-0.2, -0.15) is 0 Å². The molecule has 7 unspecified atom stereocenters. The van der Waals surface area contributed by atoms with Gasteiger partial charge in [0.15, 0.2) is 0 Å². The summed E-state index contributed by atoms with van der Waals surface area (Å²) in [5.41, 5.74) is -0.104. The Balaban J connectivity index is 1.28. The van der Waals surface area contributed by atoms with Gasteiger partial charge in [0, 0.05) is 8.07 Å². The molecule has 2 nitrogen and oxygen atoms in total. The molecule has 144 valence electrons. The Labute approximate surface area is 160 Å². The molecule has 0 heterocycles. The summed E-state index contributed by atoms with van der Waals surface area (Å²) in [6.45, 7) is 7.32. The monoisotopic (exact) mass is 372 g/mol. The number of carbonyl (C=O) groups is 1. The fourth-order valence-corrected chi connectivity index (χ4v) is 8.81. The zero-order chi connectivity index (χ0) is 18.1. The predicted octanol–water partition coefficient (Wildman–Crippen LogP) is 5.67. The average Bonchev–Trinajstić information content (AvgIpc) is 3.35. The van der Waals surface area contributed by atoms with Gasteiger partial charge in [-0.1, -0.05) is 37.8 Å². The van der Waals surface area contributed by atoms with Crippen molar-refractivity contribution >= 4 is 14.0 Å². The van der Waals surface area contributed by atoms with E-state index in [0.29, 0.717) is 5.92 Å². The van der Waals surface area contributed by atoms with Gasteiger partial charge in [0.25, 0.3) is 0 Å². The van der Waals surface area contributed by atoms with Gasteiger partial charge < -0.3 is 4.74 Å². The molecule has 4 fully saturated rings. The van der Waals surface area contributed by atoms with Crippen LogP contribution in [-0.4, -0.2) is 19.6 Å². The van der Waals surface area contributed by atoms with Crippen LogP contribution in [0.25, 0.3) is 0 Å². The summed E-state index contributed by atoms with van der Waals surface area (Å²) in [7, 11) is -1.09. The van der Waals surface area contributed by atoms with Gasteiger partial charge in [0.2, 0.25) is 0 Å². The van der Waals surface area contributed by atoms with Crippen LogP contribution in [0.15, 0.2) is 12.2 Å². The molecule has 0 spiro atoms. The van der Waals surface area contributed by atoms with Crippen molar-refractivity contribution in [3.05, 3.63) is 12.2 Å². The number of hydrogen-bond acceptors (Lipinski definition) is 2. The molecule has 0 aromatic carbocycles. The second kappa shape index (κ2) is 5.96. The molecule has 0 amide bonds. The van der Waals surface area contributed by atoms with Gasteiger partial charge in [-0.3, -0.25) is 4.79 Å². The first-order valence-electron chi connectivity index (χ1n) is 11.3. The van der Waals surface area contributed by atoms with Crippen LogP contribution >= 0.6 is 0 Å². The highest BCUT2D eigenvalue weighted by atomic mass is 28.3. The topological polar surface area (TPSA) is 26.3 Å². The lowest BCUT2D eigenvalue weighted by molar-refractivity contribution is -0.168. The third kappa shape index (κ3) is 2.75. The molecule has 0 aromatic rings. The minimum atomic E-state index is -1.09. The van der Waals surface area contributed by atoms with E-state index in [1.165, 1.54) is 31.7 Å². The number of hydrogen-bond donors (Lipinski definition) is 0. The molecule has 4 bridgehead atoms. The van der Waals surface area contributed by atoms with Crippen molar-refractivity contribution in [1.29, 1.82) is 0 Å². The summed E-state index contributed by atoms with van der Waals surface area (Å²) in [5, 5.41) is 0. The van der Waals surface area contributed by atoms with Gasteiger partial charge in [-0.25, -0.2) is 0 Å². The van der Waals surface area contributed by atoms with Gasteiger partial charge in [0.05, 0.1) is 5.92 Å². The lowest BCUT2D eigenvalue weighted by atomic mass is 9.69. The molecule has 3 heteroatoms. The van der Waals surface area contributed by atoms with Crippen LogP contribution in [-0.2, 0) is 9.53 Å². The van der Waals surface area contributed by atoms with Crippen molar-refractivity contribution in [2.24, 2.45) is 41.4 Å². The molecule has 5 aliphatic rings. The Morgan fingerprint density at radius 2 is 1.73 bits per heavy atom. The number of allylic oxidation sites excluding steroid dienone is 2. The van der Waals surface area contributed by atoms with E-state index in [2.05, 4.69) is 31.8 Å². The standard InChI is InChI=1S/C23H36O2Si/c1-26(2,3)11-10-23(8-4-5-9-23)25-22(24)19-14-17-13-18(19)21-16-7-6-15(12-16)20(17)21/h6-7,15-21H,4-5,8-14H2,1-3H3. The lowest BCUT2D eigenvalue weighted by Crippen LogP contribution is -2.40. The quantitative estimate of drug-likeness (QED) is 0.269. The lowest BCUT2D eigenvalue weighted by Gasteiger charge is -2.38. The largest absolute Gasteiger partial charge is 0.459 e. The number of esters is 1. The van der Waals surface area contributed by atoms with Gasteiger partial charge in [-0.05, 0) is 86.9 Å². The molecule has 0 aliphatic heterocycles. The van der Waals surface area contributed by atoms with Crippen LogP contribution in [0.5, 0.6) is 0 Å². The van der Waals surface area contributed by atoms with Crippen LogP contribution in [0.3, 0.4) is 0 Å². The van der Waals surface area contributed by atoms with E-state index in [1.807, 2.05) is 0 Å². The Bertz CT molecular complexity index is 612. The van der Waals surface area contributed by atoms with Crippen LogP contribution in [0.2, 0.25) is 25.7 Å². The third-order valence-corrected chi connectivity index (χ3v) is 10.5. The second-order valence-electron chi connectivity index (χ2n) is 11.5. The molecule has 0 saturated heterocycles. The molecular weight excluding hydrogens is 336 g/mol. The normalized spacial score (nSPS) is 44.7. The van der Waals surface area contributed by atoms with Gasteiger partial charge in [0.1, 0.15) is 5.60 Å². The highest BCUT2D eigenvalue weighted by molar-refractivity contribution is 6.76. The highest BCUT2D eigenvalue weighted by Crippen LogP contribution is 2.67. The zero-order valence-electron chi connectivity index (χ0n) is 16.9. The van der Waals surface area contributed by atoms with Crippen LogP contribution in [0, 0.1) is 41.4 Å². The number of ether oxygens (including phenoxy) is 1. The summed E-state index contributed by atoms with van der Waals surface area (Å²) in [4.78, 5) is 13.3. The molecule has 5 rings (SSSR count). The summed E-state index contributed by atoms with van der Waals surface area (Å²) < 4.78 is 6.42. The minimum Gasteiger partial charge on any atom is -0.459 e. The Kier molecular flexibility index (Phi) is 4.02. The fraction of sp³-hybridized carbons (Fsp3) is 0.870. The van der Waals surface area contributed by atoms with E-state index < -0.39 is 8.07 Å². The van der Waals surface area contributed by atoms with E-state index in [4.69, 9.17) is 4.74 Å². The van der Waals surface area contributed by atoms with Crippen molar-refractivity contribution in [3.63, 3.8) is 0 Å². The summed E-state index contributed by atoms with van der Waals surface area (Å²) in [5.74, 6) is 5.20. The van der Waals surface area contributed by atoms with Crippen LogP contribution in [0.4, 0.5) is 0 Å². The first-order valence-corrected chi connectivity index (χ1v) is 15.0. The maximum absolute atomic E-state index is 13.3. The van der Waals surface area contributed by atoms with Crippen LogP contribution in [0.1, 0.15) is 51.4 Å². The van der Waals surface area contributed by atoms with E-state index in [1.54, 1.807) is 0 Å². The molecule has 0 N–H and O–H groups in total. The summed E-state index contributed by atoms with van der Waals surface area (Å²) in [6, 6.07) is 1.29. The predicted molar refractivity (Wildman–Crippen MR) is 107 cm³/mol.